The van der Waals surface area contributed by atoms with Gasteiger partial charge in [-0.15, -0.1) is 0 Å². The Labute approximate surface area is 235 Å². The zero-order valence-corrected chi connectivity index (χ0v) is 23.9. The summed E-state index contributed by atoms with van der Waals surface area (Å²) in [5, 5.41) is 9.61. The molecule has 2 aromatic carbocycles. The van der Waals surface area contributed by atoms with E-state index in [0.29, 0.717) is 23.7 Å². The van der Waals surface area contributed by atoms with Gasteiger partial charge in [0.15, 0.2) is 0 Å². The van der Waals surface area contributed by atoms with E-state index < -0.39 is 0 Å². The number of allylic oxidation sites excluding steroid dienone is 1. The lowest BCUT2D eigenvalue weighted by molar-refractivity contribution is 0.0423. The molecule has 206 valence electrons. The number of carbonyl (C=O) groups is 1. The van der Waals surface area contributed by atoms with Crippen LogP contribution in [0.2, 0.25) is 0 Å². The summed E-state index contributed by atoms with van der Waals surface area (Å²) in [6.45, 7) is 12.5. The third kappa shape index (κ3) is 8.31. The molecule has 4 nitrogen and oxygen atoms in total. The summed E-state index contributed by atoms with van der Waals surface area (Å²) >= 11 is 0. The van der Waals surface area contributed by atoms with E-state index in [4.69, 9.17) is 11.3 Å². The summed E-state index contributed by atoms with van der Waals surface area (Å²) in [6.07, 6.45) is 17.4. The molecule has 39 heavy (non-hydrogen) atoms. The van der Waals surface area contributed by atoms with E-state index in [2.05, 4.69) is 18.7 Å². The highest BCUT2D eigenvalue weighted by Gasteiger charge is 2.30. The monoisotopic (exact) mass is 524 g/mol. The molecule has 4 heteroatoms. The van der Waals surface area contributed by atoms with Crippen LogP contribution in [0, 0.1) is 23.8 Å². The van der Waals surface area contributed by atoms with Gasteiger partial charge in [-0.3, -0.25) is 0 Å². The molecule has 0 unspecified atom stereocenters. The number of nitrogens with zero attached hydrogens (tertiary/aromatic N) is 2. The number of ether oxygens (including phenoxy) is 1. The first kappa shape index (κ1) is 30.2. The molecular formula is C35H44N2O2. The Morgan fingerprint density at radius 1 is 0.821 bits per heavy atom. The van der Waals surface area contributed by atoms with Crippen molar-refractivity contribution in [2.24, 2.45) is 5.92 Å². The van der Waals surface area contributed by atoms with Gasteiger partial charge in [-0.25, -0.2) is 14.9 Å². The van der Waals surface area contributed by atoms with Crippen molar-refractivity contribution >= 4 is 11.5 Å². The van der Waals surface area contributed by atoms with E-state index in [9.17, 15) is 10.1 Å². The minimum Gasteiger partial charge on any atom is -0.462 e. The van der Waals surface area contributed by atoms with E-state index in [1.165, 1.54) is 77.0 Å². The van der Waals surface area contributed by atoms with Crippen molar-refractivity contribution in [1.29, 1.82) is 5.26 Å². The van der Waals surface area contributed by atoms with Gasteiger partial charge in [0.1, 0.15) is 0 Å². The summed E-state index contributed by atoms with van der Waals surface area (Å²) in [7, 11) is 0. The van der Waals surface area contributed by atoms with E-state index in [1.54, 1.807) is 6.07 Å². The summed E-state index contributed by atoms with van der Waals surface area (Å²) in [5.41, 5.74) is 4.39. The van der Waals surface area contributed by atoms with Crippen molar-refractivity contribution in [3.05, 3.63) is 76.3 Å². The fourth-order valence-electron chi connectivity index (χ4n) is 5.69. The lowest BCUT2D eigenvalue weighted by Gasteiger charge is -2.18. The molecule has 0 heterocycles. The number of nitriles is 1. The van der Waals surface area contributed by atoms with Gasteiger partial charge >= 0.3 is 5.97 Å². The van der Waals surface area contributed by atoms with Crippen LogP contribution in [0.5, 0.6) is 0 Å². The SMILES string of the molecule is [C-]#[N+]C(C#N)=C1c2ccccc2-c2c(C(=O)OCC(CCCCCCCC)CCCCCCCC)cccc21. The molecule has 0 aromatic heterocycles. The molecule has 0 saturated heterocycles. The fraction of sp³-hybridized carbons (Fsp3) is 0.514. The van der Waals surface area contributed by atoms with Crippen molar-refractivity contribution in [2.75, 3.05) is 6.61 Å². The fourth-order valence-corrected chi connectivity index (χ4v) is 5.69. The highest BCUT2D eigenvalue weighted by molar-refractivity contribution is 6.10. The van der Waals surface area contributed by atoms with Crippen molar-refractivity contribution in [1.82, 2.24) is 0 Å². The second kappa shape index (κ2) is 16.6. The number of benzene rings is 2. The van der Waals surface area contributed by atoms with Crippen molar-refractivity contribution in [3.63, 3.8) is 0 Å². The smallest absolute Gasteiger partial charge is 0.338 e. The molecule has 0 spiro atoms. The predicted octanol–water partition coefficient (Wildman–Crippen LogP) is 10.1. The quantitative estimate of drug-likeness (QED) is 0.0764. The van der Waals surface area contributed by atoms with Crippen molar-refractivity contribution in [2.45, 2.75) is 104 Å². The molecule has 0 atom stereocenters. The standard InChI is InChI=1S/C35H44N2O2/c1-4-6-8-10-12-14-19-27(20-15-13-11-9-7-5-2)26-39-35(38)31-24-18-23-30-33(31)28-21-16-17-22-29(28)34(30)32(25-36)37-3/h16-18,21-24,27H,4-15,19-20,26H2,1-2H3. The lowest BCUT2D eigenvalue weighted by atomic mass is 9.94. The first-order valence-electron chi connectivity index (χ1n) is 15.1. The van der Waals surface area contributed by atoms with Crippen LogP contribution >= 0.6 is 0 Å². The Hall–Kier alpha value is -3.37. The lowest BCUT2D eigenvalue weighted by Crippen LogP contribution is -2.15. The molecule has 1 aliphatic rings. The number of hydrogen-bond acceptors (Lipinski definition) is 3. The van der Waals surface area contributed by atoms with Gasteiger partial charge < -0.3 is 4.74 Å². The van der Waals surface area contributed by atoms with Crippen LogP contribution in [-0.2, 0) is 4.74 Å². The molecule has 0 aliphatic heterocycles. The molecule has 1 aliphatic carbocycles. The average molecular weight is 525 g/mol. The molecule has 3 rings (SSSR count). The maximum atomic E-state index is 13.5. The maximum Gasteiger partial charge on any atom is 0.338 e. The third-order valence-electron chi connectivity index (χ3n) is 7.86. The van der Waals surface area contributed by atoms with Crippen LogP contribution < -0.4 is 0 Å². The van der Waals surface area contributed by atoms with Gasteiger partial charge in [0.2, 0.25) is 0 Å². The zero-order valence-electron chi connectivity index (χ0n) is 23.9. The second-order valence-corrected chi connectivity index (χ2v) is 10.8. The minimum absolute atomic E-state index is 0.0460. The number of fused-ring (bicyclic) bond motifs is 3. The largest absolute Gasteiger partial charge is 0.462 e. The van der Waals surface area contributed by atoms with Crippen LogP contribution in [0.25, 0.3) is 21.5 Å². The summed E-state index contributed by atoms with van der Waals surface area (Å²) < 4.78 is 5.99. The molecule has 2 aromatic rings. The van der Waals surface area contributed by atoms with Gasteiger partial charge in [-0.1, -0.05) is 127 Å². The number of hydrogen-bond donors (Lipinski definition) is 0. The van der Waals surface area contributed by atoms with Gasteiger partial charge in [-0.2, -0.15) is 0 Å². The Morgan fingerprint density at radius 3 is 1.97 bits per heavy atom. The first-order chi connectivity index (χ1) is 19.2. The summed E-state index contributed by atoms with van der Waals surface area (Å²) in [6, 6.07) is 15.3. The van der Waals surface area contributed by atoms with Gasteiger partial charge in [0.25, 0.3) is 5.70 Å². The highest BCUT2D eigenvalue weighted by Crippen LogP contribution is 2.47. The van der Waals surface area contributed by atoms with Gasteiger partial charge in [0, 0.05) is 11.1 Å². The Kier molecular flexibility index (Phi) is 12.8. The number of unbranched alkanes of at least 4 members (excludes halogenated alkanes) is 10. The van der Waals surface area contributed by atoms with Gasteiger partial charge in [-0.05, 0) is 41.5 Å². The van der Waals surface area contributed by atoms with E-state index >= 15 is 0 Å². The number of carbonyl (C=O) groups excluding carboxylic acids is 1. The van der Waals surface area contributed by atoms with Crippen LogP contribution in [0.15, 0.2) is 48.2 Å². The molecule has 0 saturated carbocycles. The molecule has 0 radical (unpaired) electrons. The zero-order chi connectivity index (χ0) is 27.9. The number of esters is 1. The average Bonchev–Trinajstić information content (AvgIpc) is 3.30. The van der Waals surface area contributed by atoms with E-state index in [1.807, 2.05) is 42.5 Å². The third-order valence-corrected chi connectivity index (χ3v) is 7.86. The molecule has 0 fully saturated rings. The molecular weight excluding hydrogens is 480 g/mol. The Balaban J connectivity index is 1.71. The van der Waals surface area contributed by atoms with Crippen LogP contribution in [0.1, 0.15) is 125 Å². The summed E-state index contributed by atoms with van der Waals surface area (Å²) in [4.78, 5) is 16.9. The highest BCUT2D eigenvalue weighted by atomic mass is 16.5. The number of rotatable bonds is 17. The van der Waals surface area contributed by atoms with Crippen molar-refractivity contribution in [3.8, 4) is 17.2 Å². The van der Waals surface area contributed by atoms with Gasteiger partial charge in [0.05, 0.1) is 24.8 Å². The Morgan fingerprint density at radius 2 is 1.38 bits per heavy atom. The van der Waals surface area contributed by atoms with Crippen LogP contribution in [0.4, 0.5) is 0 Å². The van der Waals surface area contributed by atoms with E-state index in [0.717, 1.165) is 35.1 Å². The van der Waals surface area contributed by atoms with Crippen molar-refractivity contribution < 1.29 is 9.53 Å². The Bertz CT molecular complexity index is 1170. The maximum absolute atomic E-state index is 13.5. The van der Waals surface area contributed by atoms with Crippen LogP contribution in [0.3, 0.4) is 0 Å². The molecule has 0 N–H and O–H groups in total. The van der Waals surface area contributed by atoms with Crippen LogP contribution in [-0.4, -0.2) is 12.6 Å². The second-order valence-electron chi connectivity index (χ2n) is 10.8. The minimum atomic E-state index is -0.319. The molecule has 0 amide bonds. The predicted molar refractivity (Wildman–Crippen MR) is 160 cm³/mol. The first-order valence-corrected chi connectivity index (χ1v) is 15.1. The summed E-state index contributed by atoms with van der Waals surface area (Å²) in [5.74, 6) is 0.0678. The topological polar surface area (TPSA) is 54.5 Å². The molecule has 0 bridgehead atoms. The van der Waals surface area contributed by atoms with E-state index in [-0.39, 0.29) is 11.7 Å². The normalized spacial score (nSPS) is 12.9.